The van der Waals surface area contributed by atoms with Crippen LogP contribution < -0.4 is 10.1 Å². The number of likely N-dealkylation sites (tertiary alicyclic amines) is 1. The molecule has 148 valence electrons. The molecule has 0 aromatic heterocycles. The lowest BCUT2D eigenvalue weighted by Crippen LogP contribution is -2.39. The first-order valence-electron chi connectivity index (χ1n) is 8.73. The number of nitrogens with zero attached hydrogens (tertiary/aromatic N) is 1. The first kappa shape index (κ1) is 19.7. The van der Waals surface area contributed by atoms with E-state index in [9.17, 15) is 22.8 Å². The molecular formula is C20H19F3N2O3. The lowest BCUT2D eigenvalue weighted by Gasteiger charge is -2.20. The van der Waals surface area contributed by atoms with E-state index in [1.165, 1.54) is 23.1 Å². The number of alkyl halides is 3. The molecule has 2 amide bonds. The summed E-state index contributed by atoms with van der Waals surface area (Å²) in [6, 6.07) is 13.5. The molecule has 1 atom stereocenters. The van der Waals surface area contributed by atoms with Gasteiger partial charge in [0.05, 0.1) is 11.6 Å². The van der Waals surface area contributed by atoms with E-state index in [1.54, 1.807) is 24.3 Å². The van der Waals surface area contributed by atoms with Crippen LogP contribution in [0.2, 0.25) is 0 Å². The molecule has 2 aromatic carbocycles. The number of amides is 2. The van der Waals surface area contributed by atoms with Gasteiger partial charge >= 0.3 is 6.18 Å². The fourth-order valence-electron chi connectivity index (χ4n) is 3.10. The van der Waals surface area contributed by atoms with Crippen molar-refractivity contribution in [2.75, 3.05) is 13.2 Å². The van der Waals surface area contributed by atoms with Crippen molar-refractivity contribution in [1.82, 2.24) is 10.2 Å². The Morgan fingerprint density at radius 2 is 1.79 bits per heavy atom. The average Bonchev–Trinajstić information content (AvgIpc) is 2.99. The quantitative estimate of drug-likeness (QED) is 0.822. The number of benzene rings is 2. The SMILES string of the molecule is O=C(COc1ccccc1)N[C@H]1CC(=O)N(Cc2ccccc2C(F)(F)F)C1. The Labute approximate surface area is 160 Å². The zero-order chi connectivity index (χ0) is 20.1. The van der Waals surface area contributed by atoms with E-state index in [0.717, 1.165) is 6.07 Å². The fourth-order valence-corrected chi connectivity index (χ4v) is 3.10. The molecular weight excluding hydrogens is 373 g/mol. The van der Waals surface area contributed by atoms with Gasteiger partial charge in [0.15, 0.2) is 6.61 Å². The molecule has 1 heterocycles. The average molecular weight is 392 g/mol. The van der Waals surface area contributed by atoms with Crippen LogP contribution in [0.4, 0.5) is 13.2 Å². The summed E-state index contributed by atoms with van der Waals surface area (Å²) in [5.74, 6) is -0.143. The lowest BCUT2D eigenvalue weighted by molar-refractivity contribution is -0.139. The maximum Gasteiger partial charge on any atom is 0.416 e. The topological polar surface area (TPSA) is 58.6 Å². The van der Waals surface area contributed by atoms with Crippen LogP contribution in [0.3, 0.4) is 0 Å². The van der Waals surface area contributed by atoms with Crippen molar-refractivity contribution in [3.8, 4) is 5.75 Å². The smallest absolute Gasteiger partial charge is 0.416 e. The van der Waals surface area contributed by atoms with Crippen molar-refractivity contribution in [3.63, 3.8) is 0 Å². The molecule has 1 fully saturated rings. The molecule has 1 aliphatic rings. The molecule has 1 saturated heterocycles. The van der Waals surface area contributed by atoms with Gasteiger partial charge < -0.3 is 15.0 Å². The molecule has 1 aliphatic heterocycles. The molecule has 0 unspecified atom stereocenters. The van der Waals surface area contributed by atoms with Crippen LogP contribution in [0.1, 0.15) is 17.5 Å². The Balaban J connectivity index is 1.55. The minimum Gasteiger partial charge on any atom is -0.484 e. The minimum atomic E-state index is -4.48. The summed E-state index contributed by atoms with van der Waals surface area (Å²) in [4.78, 5) is 25.5. The van der Waals surface area contributed by atoms with E-state index >= 15 is 0 Å². The number of hydrogen-bond acceptors (Lipinski definition) is 3. The van der Waals surface area contributed by atoms with E-state index in [4.69, 9.17) is 4.74 Å². The van der Waals surface area contributed by atoms with Gasteiger partial charge in [0.1, 0.15) is 5.75 Å². The van der Waals surface area contributed by atoms with Crippen molar-refractivity contribution in [2.24, 2.45) is 0 Å². The molecule has 2 aromatic rings. The van der Waals surface area contributed by atoms with Gasteiger partial charge in [-0.3, -0.25) is 9.59 Å². The number of rotatable bonds is 6. The highest BCUT2D eigenvalue weighted by Gasteiger charge is 2.35. The molecule has 28 heavy (non-hydrogen) atoms. The van der Waals surface area contributed by atoms with E-state index in [0.29, 0.717) is 5.75 Å². The van der Waals surface area contributed by atoms with Crippen molar-refractivity contribution in [2.45, 2.75) is 25.2 Å². The second kappa shape index (κ2) is 8.33. The predicted molar refractivity (Wildman–Crippen MR) is 95.3 cm³/mol. The van der Waals surface area contributed by atoms with E-state index in [1.807, 2.05) is 6.07 Å². The van der Waals surface area contributed by atoms with Crippen molar-refractivity contribution >= 4 is 11.8 Å². The highest BCUT2D eigenvalue weighted by Crippen LogP contribution is 2.32. The number of carbonyl (C=O) groups excluding carboxylic acids is 2. The first-order valence-corrected chi connectivity index (χ1v) is 8.73. The van der Waals surface area contributed by atoms with Crippen LogP contribution in [-0.2, 0) is 22.3 Å². The minimum absolute atomic E-state index is 0.0303. The number of carbonyl (C=O) groups is 2. The van der Waals surface area contributed by atoms with Gasteiger partial charge in [0, 0.05) is 19.5 Å². The Bertz CT molecular complexity index is 840. The Morgan fingerprint density at radius 3 is 2.50 bits per heavy atom. The van der Waals surface area contributed by atoms with Crippen molar-refractivity contribution in [3.05, 3.63) is 65.7 Å². The third-order valence-corrected chi connectivity index (χ3v) is 4.38. The molecule has 1 N–H and O–H groups in total. The Hall–Kier alpha value is -3.03. The maximum absolute atomic E-state index is 13.1. The molecule has 5 nitrogen and oxygen atoms in total. The van der Waals surface area contributed by atoms with Gasteiger partial charge in [0.25, 0.3) is 5.91 Å². The predicted octanol–water partition coefficient (Wildman–Crippen LogP) is 3.00. The standard InChI is InChI=1S/C20H19F3N2O3/c21-20(22,23)17-9-5-4-6-14(17)11-25-12-15(10-19(25)27)24-18(26)13-28-16-7-2-1-3-8-16/h1-9,15H,10-13H2,(H,24,26)/t15-/m0/s1. The van der Waals surface area contributed by atoms with E-state index in [-0.39, 0.29) is 43.5 Å². The van der Waals surface area contributed by atoms with Crippen LogP contribution >= 0.6 is 0 Å². The fraction of sp³-hybridized carbons (Fsp3) is 0.300. The third kappa shape index (κ3) is 5.03. The maximum atomic E-state index is 13.1. The molecule has 0 radical (unpaired) electrons. The highest BCUT2D eigenvalue weighted by molar-refractivity contribution is 5.82. The molecule has 3 rings (SSSR count). The van der Waals surface area contributed by atoms with Crippen molar-refractivity contribution < 1.29 is 27.5 Å². The summed E-state index contributed by atoms with van der Waals surface area (Å²) in [7, 11) is 0. The van der Waals surface area contributed by atoms with Gasteiger partial charge in [-0.05, 0) is 23.8 Å². The monoisotopic (exact) mass is 392 g/mol. The zero-order valence-electron chi connectivity index (χ0n) is 14.9. The molecule has 0 bridgehead atoms. The number of para-hydroxylation sites is 1. The Kier molecular flexibility index (Phi) is 5.87. The zero-order valence-corrected chi connectivity index (χ0v) is 14.9. The highest BCUT2D eigenvalue weighted by atomic mass is 19.4. The second-order valence-corrected chi connectivity index (χ2v) is 6.50. The summed E-state index contributed by atoms with van der Waals surface area (Å²) in [6.45, 7) is -0.199. The van der Waals surface area contributed by atoms with Crippen LogP contribution in [0.25, 0.3) is 0 Å². The summed E-state index contributed by atoms with van der Waals surface area (Å²) in [5.41, 5.74) is -0.728. The van der Waals surface area contributed by atoms with Gasteiger partial charge in [-0.25, -0.2) is 0 Å². The summed E-state index contributed by atoms with van der Waals surface area (Å²) < 4.78 is 44.7. The van der Waals surface area contributed by atoms with E-state index in [2.05, 4.69) is 5.32 Å². The normalized spacial score (nSPS) is 16.9. The molecule has 0 saturated carbocycles. The van der Waals surface area contributed by atoms with Gasteiger partial charge in [0.2, 0.25) is 5.91 Å². The number of ether oxygens (including phenoxy) is 1. The summed E-state index contributed by atoms with van der Waals surface area (Å²) >= 11 is 0. The molecule has 0 aliphatic carbocycles. The van der Waals surface area contributed by atoms with Crippen LogP contribution in [0.15, 0.2) is 54.6 Å². The van der Waals surface area contributed by atoms with Crippen molar-refractivity contribution in [1.29, 1.82) is 0 Å². The largest absolute Gasteiger partial charge is 0.484 e. The number of hydrogen-bond donors (Lipinski definition) is 1. The van der Waals surface area contributed by atoms with E-state index < -0.39 is 17.8 Å². The number of halogens is 3. The van der Waals surface area contributed by atoms with Crippen LogP contribution in [-0.4, -0.2) is 35.9 Å². The van der Waals surface area contributed by atoms with Crippen LogP contribution in [0.5, 0.6) is 5.75 Å². The lowest BCUT2D eigenvalue weighted by atomic mass is 10.1. The Morgan fingerprint density at radius 1 is 1.11 bits per heavy atom. The summed E-state index contributed by atoms with van der Waals surface area (Å²) in [5, 5.41) is 2.69. The first-order chi connectivity index (χ1) is 13.3. The second-order valence-electron chi connectivity index (χ2n) is 6.50. The van der Waals surface area contributed by atoms with Gasteiger partial charge in [-0.2, -0.15) is 13.2 Å². The summed E-state index contributed by atoms with van der Waals surface area (Å²) in [6.07, 6.45) is -4.44. The number of nitrogens with one attached hydrogen (secondary N) is 1. The molecule has 0 spiro atoms. The van der Waals surface area contributed by atoms with Crippen LogP contribution in [0, 0.1) is 0 Å². The van der Waals surface area contributed by atoms with Gasteiger partial charge in [-0.1, -0.05) is 36.4 Å². The van der Waals surface area contributed by atoms with Gasteiger partial charge in [-0.15, -0.1) is 0 Å². The third-order valence-electron chi connectivity index (χ3n) is 4.38. The molecule has 8 heteroatoms.